The molecule has 0 aliphatic rings. The highest BCUT2D eigenvalue weighted by molar-refractivity contribution is 7.47. The smallest absolute Gasteiger partial charge is 0.463 e. The molecule has 0 aromatic carbocycles. The molecule has 0 rings (SSSR count). The molecule has 0 aromatic rings. The number of hydrogen-bond acceptors (Lipinski definition) is 14. The number of aliphatic hydroxyl groups is 2. The van der Waals surface area contributed by atoms with Crippen molar-refractivity contribution in [3.63, 3.8) is 0 Å². The summed E-state index contributed by atoms with van der Waals surface area (Å²) in [5.41, 5.74) is 0. The van der Waals surface area contributed by atoms with Gasteiger partial charge in [-0.15, -0.1) is 0 Å². The Hall–Kier alpha value is -5.61. The summed E-state index contributed by atoms with van der Waals surface area (Å²) in [4.78, 5) is 58.8. The van der Waals surface area contributed by atoms with Gasteiger partial charge in [-0.2, -0.15) is 0 Å². The zero-order chi connectivity index (χ0) is 79.4. The third-order valence-corrected chi connectivity index (χ3v) is 18.7. The first-order valence-corrected chi connectivity index (χ1v) is 44.7. The van der Waals surface area contributed by atoms with Crippen molar-refractivity contribution in [1.29, 1.82) is 0 Å². The molecule has 18 heteroatoms. The Labute approximate surface area is 661 Å². The first kappa shape index (κ1) is 103. The zero-order valence-electron chi connectivity index (χ0n) is 67.6. The Balaban J connectivity index is 4.66. The van der Waals surface area contributed by atoms with Gasteiger partial charge in [0.25, 0.3) is 0 Å². The molecule has 16 nitrogen and oxygen atoms in total. The largest absolute Gasteiger partial charge is 0.472 e. The number of hydrogen-bond donors (Lipinski definition) is 4. The van der Waals surface area contributed by atoms with Gasteiger partial charge >= 0.3 is 33.6 Å². The van der Waals surface area contributed by atoms with Crippen molar-refractivity contribution >= 4 is 33.6 Å². The average Bonchev–Trinajstić information content (AvgIpc) is 0.902. The van der Waals surface area contributed by atoms with Crippen LogP contribution in [-0.2, 0) is 55.8 Å². The topological polar surface area (TPSA) is 231 Å². The van der Waals surface area contributed by atoms with Crippen molar-refractivity contribution in [2.75, 3.05) is 39.6 Å². The van der Waals surface area contributed by atoms with Crippen molar-refractivity contribution in [2.45, 2.75) is 322 Å². The first-order chi connectivity index (χ1) is 53.2. The molecule has 0 aliphatic heterocycles. The molecule has 0 bridgehead atoms. The lowest BCUT2D eigenvalue weighted by Gasteiger charge is -2.21. The van der Waals surface area contributed by atoms with E-state index in [1.54, 1.807) is 0 Å². The summed E-state index contributed by atoms with van der Waals surface area (Å²) in [7, 11) is -9.82. The van der Waals surface area contributed by atoms with Crippen LogP contribution in [0.5, 0.6) is 0 Å². The van der Waals surface area contributed by atoms with Gasteiger partial charge in [0.15, 0.2) is 6.10 Å². The van der Waals surface area contributed by atoms with Crippen molar-refractivity contribution < 1.29 is 75.8 Å². The highest BCUT2D eigenvalue weighted by Crippen LogP contribution is 2.45. The molecule has 0 aliphatic carbocycles. The summed E-state index contributed by atoms with van der Waals surface area (Å²) in [6.07, 6.45) is 107. The van der Waals surface area contributed by atoms with Gasteiger partial charge in [-0.3, -0.25) is 32.5 Å². The number of aliphatic hydroxyl groups excluding tert-OH is 2. The number of rotatable bonds is 77. The Bertz CT molecular complexity index is 2760. The molecular formula is C91H148O16P2. The van der Waals surface area contributed by atoms with Gasteiger partial charge in [0.2, 0.25) is 0 Å². The molecule has 0 spiro atoms. The van der Waals surface area contributed by atoms with E-state index in [2.05, 4.69) is 215 Å². The molecule has 5 atom stereocenters. The number of unbranched alkanes of at least 4 members (excludes halogenated alkanes) is 22. The van der Waals surface area contributed by atoms with Crippen molar-refractivity contribution in [1.82, 2.24) is 0 Å². The highest BCUT2D eigenvalue weighted by Gasteiger charge is 2.29. The molecular weight excluding hydrogens is 1410 g/mol. The fraction of sp³-hybridized carbons (Fsp3) is 0.615. The van der Waals surface area contributed by atoms with Crippen LogP contribution in [0.2, 0.25) is 0 Å². The van der Waals surface area contributed by atoms with Crippen LogP contribution in [0.4, 0.5) is 0 Å². The Morgan fingerprint density at radius 1 is 0.257 bits per heavy atom. The van der Waals surface area contributed by atoms with Crippen LogP contribution < -0.4 is 0 Å². The van der Waals surface area contributed by atoms with Crippen LogP contribution in [0.15, 0.2) is 194 Å². The maximum atomic E-state index is 13.0. The lowest BCUT2D eigenvalue weighted by molar-refractivity contribution is -0.161. The molecule has 0 heterocycles. The number of ether oxygens (including phenoxy) is 3. The molecule has 0 aromatic heterocycles. The van der Waals surface area contributed by atoms with E-state index in [0.29, 0.717) is 19.3 Å². The minimum absolute atomic E-state index is 0.0773. The predicted molar refractivity (Wildman–Crippen MR) is 454 cm³/mol. The van der Waals surface area contributed by atoms with Gasteiger partial charge in [0.05, 0.1) is 26.4 Å². The van der Waals surface area contributed by atoms with Crippen LogP contribution >= 0.6 is 15.6 Å². The Kier molecular flexibility index (Phi) is 77.7. The monoisotopic (exact) mass is 1560 g/mol. The minimum atomic E-state index is -4.95. The maximum absolute atomic E-state index is 13.0. The number of carbonyl (C=O) groups is 3. The zero-order valence-corrected chi connectivity index (χ0v) is 69.4. The molecule has 0 fully saturated rings. The molecule has 0 saturated carbocycles. The lowest BCUT2D eigenvalue weighted by Crippen LogP contribution is -2.30. The highest BCUT2D eigenvalue weighted by atomic mass is 31.2. The van der Waals surface area contributed by atoms with Crippen LogP contribution in [0.1, 0.15) is 303 Å². The second-order valence-electron chi connectivity index (χ2n) is 27.1. The molecule has 5 unspecified atom stereocenters. The number of allylic oxidation sites excluding steroid dienone is 32. The van der Waals surface area contributed by atoms with Gasteiger partial charge in [0.1, 0.15) is 25.4 Å². The van der Waals surface area contributed by atoms with E-state index in [9.17, 15) is 43.5 Å². The van der Waals surface area contributed by atoms with E-state index >= 15 is 0 Å². The first-order valence-electron chi connectivity index (χ1n) is 41.7. The van der Waals surface area contributed by atoms with Crippen molar-refractivity contribution in [3.05, 3.63) is 194 Å². The maximum Gasteiger partial charge on any atom is 0.472 e. The predicted octanol–water partition coefficient (Wildman–Crippen LogP) is 25.1. The fourth-order valence-electron chi connectivity index (χ4n) is 10.6. The van der Waals surface area contributed by atoms with Crippen molar-refractivity contribution in [2.24, 2.45) is 0 Å². The summed E-state index contributed by atoms with van der Waals surface area (Å²) in [6, 6.07) is 0. The SMILES string of the molecule is CC/C=C\C/C=C\C/C=C\C/C=C\C/C=C\C/C=C\CCCCCCCCCCCCC(=O)OCC(O)COP(=O)(O)OCC(O)COP(=O)(O)OCC(COC(=O)CCCCCCCC/C=C\C/C=C\C/C=C\C/C=C\C/C=C\C/C=C\CC)OC(=O)CCCCCCCC/C=C\C/C=C\C/C=C\C/C=C\CC. The van der Waals surface area contributed by atoms with Crippen LogP contribution in [0.3, 0.4) is 0 Å². The number of phosphoric acid groups is 2. The second-order valence-corrected chi connectivity index (χ2v) is 30.0. The van der Waals surface area contributed by atoms with E-state index in [-0.39, 0.29) is 19.3 Å². The van der Waals surface area contributed by atoms with E-state index in [1.807, 2.05) is 0 Å². The lowest BCUT2D eigenvalue weighted by atomic mass is 10.1. The van der Waals surface area contributed by atoms with E-state index in [0.717, 1.165) is 212 Å². The summed E-state index contributed by atoms with van der Waals surface area (Å²) in [6.45, 7) is 2.30. The summed E-state index contributed by atoms with van der Waals surface area (Å²) in [5, 5.41) is 20.7. The normalized spacial score (nSPS) is 14.9. The Morgan fingerprint density at radius 2 is 0.459 bits per heavy atom. The number of carbonyl (C=O) groups excluding carboxylic acids is 3. The number of phosphoric ester groups is 2. The molecule has 0 amide bonds. The fourth-order valence-corrected chi connectivity index (χ4v) is 12.2. The van der Waals surface area contributed by atoms with Gasteiger partial charge in [-0.25, -0.2) is 9.13 Å². The third kappa shape index (κ3) is 83.2. The van der Waals surface area contributed by atoms with Crippen LogP contribution in [0.25, 0.3) is 0 Å². The van der Waals surface area contributed by atoms with E-state index < -0.39 is 91.5 Å². The molecule has 0 radical (unpaired) electrons. The van der Waals surface area contributed by atoms with Gasteiger partial charge < -0.3 is 34.2 Å². The minimum Gasteiger partial charge on any atom is -0.463 e. The van der Waals surface area contributed by atoms with E-state index in [4.69, 9.17) is 32.3 Å². The summed E-state index contributed by atoms with van der Waals surface area (Å²) in [5.74, 6) is -1.62. The number of esters is 3. The van der Waals surface area contributed by atoms with E-state index in [1.165, 1.54) is 32.1 Å². The Morgan fingerprint density at radius 3 is 0.725 bits per heavy atom. The molecule has 0 saturated heterocycles. The summed E-state index contributed by atoms with van der Waals surface area (Å²) >= 11 is 0. The summed E-state index contributed by atoms with van der Waals surface area (Å²) < 4.78 is 61.3. The van der Waals surface area contributed by atoms with Crippen LogP contribution in [-0.4, -0.2) is 95.9 Å². The molecule has 109 heavy (non-hydrogen) atoms. The van der Waals surface area contributed by atoms with Gasteiger partial charge in [-0.05, 0) is 161 Å². The van der Waals surface area contributed by atoms with Crippen molar-refractivity contribution in [3.8, 4) is 0 Å². The standard InChI is InChI=1S/C91H148O16P2/c1-4-7-10-13-16-19-22-25-28-31-34-36-38-40-41-42-43-45-47-48-51-53-56-59-62-65-68-71-74-77-89(94)101-80-86(92)81-103-108(97,98)104-82-87(93)83-105-109(99,100)106-85-88(107-91(96)79-76-73-70-67-64-61-58-55-50-33-30-27-24-21-18-15-12-9-6-3)84-102-90(95)78-75-72-69-66-63-60-57-54-52-49-46-44-39-37-35-32-29-26-23-20-17-14-11-8-5-2/h7-12,16-21,25-30,34-37,40-41,43-46,50,52,54-55,86-88,92-93H,4-6,13-15,22-24,31-33,38-39,42,47-49,51,53,56-85H2,1-3H3,(H,97,98)(H,99,100)/b10-7-,11-8-,12-9-,19-16-,20-17-,21-18-,28-25-,29-26-,30-27-,36-34-,37-35-,41-40-,45-43-,46-44-,54-52-,55-50-. The average molecular weight is 1560 g/mol. The van der Waals surface area contributed by atoms with Crippen LogP contribution in [0, 0.1) is 0 Å². The molecule has 618 valence electrons. The second kappa shape index (κ2) is 81.9. The van der Waals surface area contributed by atoms with Gasteiger partial charge in [0, 0.05) is 19.3 Å². The third-order valence-electron chi connectivity index (χ3n) is 16.8. The van der Waals surface area contributed by atoms with Gasteiger partial charge in [-0.1, -0.05) is 318 Å². The quantitative estimate of drug-likeness (QED) is 0.0146. The molecule has 4 N–H and O–H groups in total.